The predicted octanol–water partition coefficient (Wildman–Crippen LogP) is 5.87. The van der Waals surface area contributed by atoms with Crippen LogP contribution in [0.3, 0.4) is 0 Å². The first-order valence-electron chi connectivity index (χ1n) is 10.1. The lowest BCUT2D eigenvalue weighted by atomic mass is 9.78. The molecule has 0 bridgehead atoms. The first-order chi connectivity index (χ1) is 13.6. The zero-order valence-electron chi connectivity index (χ0n) is 16.5. The van der Waals surface area contributed by atoms with Gasteiger partial charge in [0.15, 0.2) is 0 Å². The van der Waals surface area contributed by atoms with Gasteiger partial charge in [0.25, 0.3) is 0 Å². The van der Waals surface area contributed by atoms with E-state index in [9.17, 15) is 4.79 Å². The third-order valence-electron chi connectivity index (χ3n) is 6.00. The van der Waals surface area contributed by atoms with Gasteiger partial charge in [-0.15, -0.1) is 0 Å². The molecule has 2 aliphatic rings. The molecule has 1 atom stereocenters. The molecular formula is C23H27ClN2O2. The molecule has 0 aromatic heterocycles. The van der Waals surface area contributed by atoms with Crippen molar-refractivity contribution in [3.63, 3.8) is 0 Å². The highest BCUT2D eigenvalue weighted by Gasteiger charge is 2.51. The van der Waals surface area contributed by atoms with Crippen molar-refractivity contribution in [2.75, 3.05) is 12.0 Å². The van der Waals surface area contributed by atoms with Gasteiger partial charge in [0.2, 0.25) is 0 Å². The molecule has 4 nitrogen and oxygen atoms in total. The molecule has 1 aliphatic heterocycles. The van der Waals surface area contributed by atoms with E-state index in [1.165, 1.54) is 5.56 Å². The minimum Gasteiger partial charge on any atom is -0.497 e. The summed E-state index contributed by atoms with van der Waals surface area (Å²) in [5, 5.41) is 4.13. The van der Waals surface area contributed by atoms with Gasteiger partial charge in [-0.05, 0) is 61.1 Å². The highest BCUT2D eigenvalue weighted by atomic mass is 35.5. The van der Waals surface area contributed by atoms with Crippen molar-refractivity contribution in [2.24, 2.45) is 5.92 Å². The summed E-state index contributed by atoms with van der Waals surface area (Å²) in [5.74, 6) is 1.31. The summed E-state index contributed by atoms with van der Waals surface area (Å²) in [7, 11) is 1.65. The Labute approximate surface area is 171 Å². The maximum absolute atomic E-state index is 13.2. The van der Waals surface area contributed by atoms with Gasteiger partial charge >= 0.3 is 6.03 Å². The predicted molar refractivity (Wildman–Crippen MR) is 113 cm³/mol. The Kier molecular flexibility index (Phi) is 5.24. The van der Waals surface area contributed by atoms with Gasteiger partial charge in [-0.25, -0.2) is 4.79 Å². The molecule has 0 spiro atoms. The normalized spacial score (nSPS) is 21.2. The standard InChI is InChI=1S/C23H27ClN2O2/c1-3-4-13-23(17-7-8-17)20-14-18(24)9-12-21(20)26(22(27)25-23)15-16-5-10-19(28-2)11-6-16/h5-6,9-12,14,17H,3-4,7-8,13,15H2,1-2H3,(H,25,27). The number of rotatable bonds is 7. The molecule has 1 fully saturated rings. The third-order valence-corrected chi connectivity index (χ3v) is 6.24. The van der Waals surface area contributed by atoms with Crippen LogP contribution in [0.1, 0.15) is 50.2 Å². The number of amides is 2. The second-order valence-electron chi connectivity index (χ2n) is 7.88. The van der Waals surface area contributed by atoms with Gasteiger partial charge in [-0.2, -0.15) is 0 Å². The number of carbonyl (C=O) groups is 1. The Morgan fingerprint density at radius 3 is 2.61 bits per heavy atom. The van der Waals surface area contributed by atoms with E-state index in [4.69, 9.17) is 16.3 Å². The number of halogens is 1. The van der Waals surface area contributed by atoms with Crippen LogP contribution in [0.25, 0.3) is 0 Å². The molecule has 1 unspecified atom stereocenters. The molecule has 5 heteroatoms. The molecule has 2 aromatic rings. The molecule has 2 aromatic carbocycles. The monoisotopic (exact) mass is 398 g/mol. The van der Waals surface area contributed by atoms with Gasteiger partial charge in [0.05, 0.1) is 24.9 Å². The molecule has 2 amide bonds. The SMILES string of the molecule is CCCCC1(C2CC2)NC(=O)N(Cc2ccc(OC)cc2)c2ccc(Cl)cc21. The number of carbonyl (C=O) groups excluding carboxylic acids is 1. The van der Waals surface area contributed by atoms with E-state index in [2.05, 4.69) is 18.3 Å². The van der Waals surface area contributed by atoms with Gasteiger partial charge < -0.3 is 10.1 Å². The summed E-state index contributed by atoms with van der Waals surface area (Å²) >= 11 is 6.40. The van der Waals surface area contributed by atoms with Crippen LogP contribution in [0.15, 0.2) is 42.5 Å². The van der Waals surface area contributed by atoms with Crippen LogP contribution in [0.4, 0.5) is 10.5 Å². The summed E-state index contributed by atoms with van der Waals surface area (Å²) in [4.78, 5) is 15.1. The molecule has 4 rings (SSSR count). The Balaban J connectivity index is 1.72. The Bertz CT molecular complexity index is 863. The lowest BCUT2D eigenvalue weighted by Gasteiger charge is -2.45. The van der Waals surface area contributed by atoms with Gasteiger partial charge in [0.1, 0.15) is 5.75 Å². The number of fused-ring (bicyclic) bond motifs is 1. The molecule has 148 valence electrons. The van der Waals surface area contributed by atoms with E-state index in [-0.39, 0.29) is 11.6 Å². The average molecular weight is 399 g/mol. The topological polar surface area (TPSA) is 41.6 Å². The Hall–Kier alpha value is -2.20. The van der Waals surface area contributed by atoms with Gasteiger partial charge in [-0.3, -0.25) is 4.90 Å². The number of methoxy groups -OCH3 is 1. The number of anilines is 1. The lowest BCUT2D eigenvalue weighted by molar-refractivity contribution is 0.209. The zero-order valence-corrected chi connectivity index (χ0v) is 17.3. The number of ether oxygens (including phenoxy) is 1. The van der Waals surface area contributed by atoms with E-state index >= 15 is 0 Å². The lowest BCUT2D eigenvalue weighted by Crippen LogP contribution is -2.57. The number of hydrogen-bond acceptors (Lipinski definition) is 2. The van der Waals surface area contributed by atoms with E-state index in [1.807, 2.05) is 41.3 Å². The van der Waals surface area contributed by atoms with Crippen molar-refractivity contribution < 1.29 is 9.53 Å². The molecule has 28 heavy (non-hydrogen) atoms. The minimum atomic E-state index is -0.288. The summed E-state index contributed by atoms with van der Waals surface area (Å²) in [6.07, 6.45) is 5.48. The van der Waals surface area contributed by atoms with E-state index in [0.29, 0.717) is 12.5 Å². The summed E-state index contributed by atoms with van der Waals surface area (Å²) in [6.45, 7) is 2.71. The molecule has 1 N–H and O–H groups in total. The smallest absolute Gasteiger partial charge is 0.322 e. The van der Waals surface area contributed by atoms with Crippen LogP contribution < -0.4 is 15.0 Å². The number of hydrogen-bond donors (Lipinski definition) is 1. The summed E-state index contributed by atoms with van der Waals surface area (Å²) in [6, 6.07) is 13.8. The van der Waals surface area contributed by atoms with Gasteiger partial charge in [0, 0.05) is 10.6 Å². The fraction of sp³-hybridized carbons (Fsp3) is 0.435. The zero-order chi connectivity index (χ0) is 19.7. The van der Waals surface area contributed by atoms with E-state index in [0.717, 1.165) is 54.1 Å². The second kappa shape index (κ2) is 7.67. The third kappa shape index (κ3) is 3.46. The highest BCUT2D eigenvalue weighted by molar-refractivity contribution is 6.30. The first-order valence-corrected chi connectivity index (χ1v) is 10.5. The minimum absolute atomic E-state index is 0.0198. The number of nitrogens with one attached hydrogen (secondary N) is 1. The fourth-order valence-electron chi connectivity index (χ4n) is 4.36. The number of nitrogens with zero attached hydrogens (tertiary/aromatic N) is 1. The quantitative estimate of drug-likeness (QED) is 0.633. The van der Waals surface area contributed by atoms with Crippen LogP contribution in [-0.4, -0.2) is 13.1 Å². The largest absolute Gasteiger partial charge is 0.497 e. The number of benzene rings is 2. The van der Waals surface area contributed by atoms with Crippen LogP contribution >= 0.6 is 11.6 Å². The maximum atomic E-state index is 13.2. The van der Waals surface area contributed by atoms with E-state index in [1.54, 1.807) is 7.11 Å². The fourth-order valence-corrected chi connectivity index (χ4v) is 4.53. The first kappa shape index (κ1) is 19.1. The Morgan fingerprint density at radius 2 is 1.96 bits per heavy atom. The van der Waals surface area contributed by atoms with Crippen LogP contribution in [0.5, 0.6) is 5.75 Å². The van der Waals surface area contributed by atoms with Crippen LogP contribution in [0.2, 0.25) is 5.02 Å². The molecular weight excluding hydrogens is 372 g/mol. The van der Waals surface area contributed by atoms with Crippen LogP contribution in [-0.2, 0) is 12.1 Å². The Morgan fingerprint density at radius 1 is 1.21 bits per heavy atom. The molecule has 0 radical (unpaired) electrons. The van der Waals surface area contributed by atoms with Crippen molar-refractivity contribution in [3.8, 4) is 5.75 Å². The van der Waals surface area contributed by atoms with Crippen molar-refractivity contribution >= 4 is 23.3 Å². The van der Waals surface area contributed by atoms with Crippen LogP contribution in [0, 0.1) is 5.92 Å². The van der Waals surface area contributed by atoms with Crippen molar-refractivity contribution in [3.05, 3.63) is 58.6 Å². The van der Waals surface area contributed by atoms with Crippen molar-refractivity contribution in [1.82, 2.24) is 5.32 Å². The maximum Gasteiger partial charge on any atom is 0.322 e. The number of urea groups is 1. The second-order valence-corrected chi connectivity index (χ2v) is 8.31. The number of unbranched alkanes of at least 4 members (excludes halogenated alkanes) is 1. The van der Waals surface area contributed by atoms with Crippen molar-refractivity contribution in [1.29, 1.82) is 0 Å². The molecule has 1 aliphatic carbocycles. The van der Waals surface area contributed by atoms with Crippen molar-refractivity contribution in [2.45, 2.75) is 51.1 Å². The average Bonchev–Trinajstić information content (AvgIpc) is 3.55. The van der Waals surface area contributed by atoms with E-state index < -0.39 is 0 Å². The highest BCUT2D eigenvalue weighted by Crippen LogP contribution is 2.53. The molecule has 0 saturated heterocycles. The molecule has 1 heterocycles. The summed E-state index contributed by atoms with van der Waals surface area (Å²) in [5.41, 5.74) is 2.92. The van der Waals surface area contributed by atoms with Gasteiger partial charge in [-0.1, -0.05) is 43.5 Å². The molecule has 1 saturated carbocycles. The summed E-state index contributed by atoms with van der Waals surface area (Å²) < 4.78 is 5.24.